The van der Waals surface area contributed by atoms with Crippen molar-refractivity contribution in [2.45, 2.75) is 33.1 Å². The molecule has 17 heavy (non-hydrogen) atoms. The fraction of sp³-hybridized carbons (Fsp3) is 0.900. The first-order valence-corrected chi connectivity index (χ1v) is 7.24. The molecule has 0 rings (SSSR count). The van der Waals surface area contributed by atoms with Crippen LogP contribution in [0.1, 0.15) is 33.1 Å². The molecule has 0 aliphatic heterocycles. The van der Waals surface area contributed by atoms with Crippen LogP contribution in [0.2, 0.25) is 0 Å². The number of hydrogen-bond acceptors (Lipinski definition) is 4. The summed E-state index contributed by atoms with van der Waals surface area (Å²) in [6.07, 6.45) is 1.80. The second-order valence-corrected chi connectivity index (χ2v) is 5.49. The van der Waals surface area contributed by atoms with Crippen molar-refractivity contribution in [1.82, 2.24) is 9.03 Å². The third-order valence-corrected chi connectivity index (χ3v) is 3.73. The van der Waals surface area contributed by atoms with Gasteiger partial charge in [-0.3, -0.25) is 4.79 Å². The quantitative estimate of drug-likeness (QED) is 0.617. The van der Waals surface area contributed by atoms with Crippen LogP contribution >= 0.6 is 0 Å². The molecule has 0 aromatic carbocycles. The number of nitrogens with zero attached hydrogens (tertiary/aromatic N) is 1. The van der Waals surface area contributed by atoms with Gasteiger partial charge in [0.05, 0.1) is 13.0 Å². The monoisotopic (exact) mass is 266 g/mol. The molecule has 0 aliphatic rings. The van der Waals surface area contributed by atoms with Crippen LogP contribution in [-0.4, -0.2) is 45.4 Å². The van der Waals surface area contributed by atoms with E-state index in [9.17, 15) is 13.2 Å². The molecule has 0 bridgehead atoms. The van der Waals surface area contributed by atoms with Crippen LogP contribution in [0, 0.1) is 0 Å². The minimum atomic E-state index is -3.47. The van der Waals surface area contributed by atoms with Crippen molar-refractivity contribution in [2.75, 3.05) is 26.7 Å². The van der Waals surface area contributed by atoms with Gasteiger partial charge in [0.1, 0.15) is 0 Å². The summed E-state index contributed by atoms with van der Waals surface area (Å²) >= 11 is 0. The predicted octanol–water partition coefficient (Wildman–Crippen LogP) is 0.506. The lowest BCUT2D eigenvalue weighted by molar-refractivity contribution is -0.142. The average Bonchev–Trinajstić information content (AvgIpc) is 2.25. The highest BCUT2D eigenvalue weighted by atomic mass is 32.2. The Hall–Kier alpha value is -0.660. The molecule has 6 nitrogen and oxygen atoms in total. The van der Waals surface area contributed by atoms with Gasteiger partial charge in [0.15, 0.2) is 0 Å². The predicted molar refractivity (Wildman–Crippen MR) is 65.7 cm³/mol. The summed E-state index contributed by atoms with van der Waals surface area (Å²) in [4.78, 5) is 11.0. The minimum absolute atomic E-state index is 0.0503. The third kappa shape index (κ3) is 7.30. The van der Waals surface area contributed by atoms with Gasteiger partial charge in [0.25, 0.3) is 10.2 Å². The summed E-state index contributed by atoms with van der Waals surface area (Å²) in [5.74, 6) is -0.397. The summed E-state index contributed by atoms with van der Waals surface area (Å²) in [5.41, 5.74) is 0. The second-order valence-electron chi connectivity index (χ2n) is 3.63. The zero-order chi connectivity index (χ0) is 13.3. The number of ether oxygens (including phenoxy) is 1. The SMILES string of the molecule is CCCCN(C)S(=O)(=O)NCCC(=O)OCC. The van der Waals surface area contributed by atoms with Crippen LogP contribution in [0.5, 0.6) is 0 Å². The Morgan fingerprint density at radius 3 is 2.53 bits per heavy atom. The van der Waals surface area contributed by atoms with E-state index in [1.807, 2.05) is 6.92 Å². The molecular weight excluding hydrogens is 244 g/mol. The van der Waals surface area contributed by atoms with Crippen LogP contribution in [-0.2, 0) is 19.7 Å². The lowest BCUT2D eigenvalue weighted by Crippen LogP contribution is -2.39. The third-order valence-electron chi connectivity index (χ3n) is 2.16. The number of esters is 1. The molecule has 0 amide bonds. The molecule has 0 radical (unpaired) electrons. The van der Waals surface area contributed by atoms with Crippen molar-refractivity contribution in [3.63, 3.8) is 0 Å². The van der Waals surface area contributed by atoms with Gasteiger partial charge in [-0.25, -0.2) is 4.72 Å². The summed E-state index contributed by atoms with van der Waals surface area (Å²) in [5, 5.41) is 0. The maximum Gasteiger partial charge on any atom is 0.307 e. The number of carbonyl (C=O) groups excluding carboxylic acids is 1. The molecule has 0 aromatic rings. The van der Waals surface area contributed by atoms with Crippen molar-refractivity contribution in [3.05, 3.63) is 0 Å². The molecule has 1 N–H and O–H groups in total. The smallest absolute Gasteiger partial charge is 0.307 e. The van der Waals surface area contributed by atoms with Gasteiger partial charge in [-0.1, -0.05) is 13.3 Å². The maximum absolute atomic E-state index is 11.6. The first-order valence-electron chi connectivity index (χ1n) is 5.80. The summed E-state index contributed by atoms with van der Waals surface area (Å²) < 4.78 is 31.6. The summed E-state index contributed by atoms with van der Waals surface area (Å²) in [7, 11) is -1.95. The highest BCUT2D eigenvalue weighted by Crippen LogP contribution is 1.98. The number of carbonyl (C=O) groups is 1. The first kappa shape index (κ1) is 16.3. The molecule has 0 unspecified atom stereocenters. The number of hydrogen-bond donors (Lipinski definition) is 1. The standard InChI is InChI=1S/C10H22N2O4S/c1-4-6-9-12(3)17(14,15)11-8-7-10(13)16-5-2/h11H,4-9H2,1-3H3. The van der Waals surface area contributed by atoms with Gasteiger partial charge < -0.3 is 4.74 Å². The largest absolute Gasteiger partial charge is 0.466 e. The lowest BCUT2D eigenvalue weighted by atomic mass is 10.3. The molecule has 0 saturated carbocycles. The van der Waals surface area contributed by atoms with Gasteiger partial charge >= 0.3 is 5.97 Å². The zero-order valence-electron chi connectivity index (χ0n) is 10.7. The molecule has 0 atom stereocenters. The number of nitrogens with one attached hydrogen (secondary N) is 1. The van der Waals surface area contributed by atoms with Gasteiger partial charge in [0, 0.05) is 20.1 Å². The maximum atomic E-state index is 11.6. The Bertz CT molecular complexity index is 316. The molecule has 0 heterocycles. The Balaban J connectivity index is 3.97. The van der Waals surface area contributed by atoms with E-state index < -0.39 is 16.2 Å². The summed E-state index contributed by atoms with van der Waals surface area (Å²) in [6.45, 7) is 4.56. The van der Waals surface area contributed by atoms with Crippen molar-refractivity contribution in [1.29, 1.82) is 0 Å². The van der Waals surface area contributed by atoms with E-state index >= 15 is 0 Å². The van der Waals surface area contributed by atoms with E-state index in [4.69, 9.17) is 4.74 Å². The van der Waals surface area contributed by atoms with Crippen molar-refractivity contribution in [2.24, 2.45) is 0 Å². The first-order chi connectivity index (χ1) is 7.94. The molecule has 0 spiro atoms. The fourth-order valence-corrected chi connectivity index (χ4v) is 2.08. The topological polar surface area (TPSA) is 75.7 Å². The Morgan fingerprint density at radius 2 is 2.00 bits per heavy atom. The van der Waals surface area contributed by atoms with Crippen LogP contribution in [0.25, 0.3) is 0 Å². The Kier molecular flexibility index (Phi) is 8.11. The van der Waals surface area contributed by atoms with Crippen LogP contribution in [0.15, 0.2) is 0 Å². The number of unbranched alkanes of at least 4 members (excludes halogenated alkanes) is 1. The van der Waals surface area contributed by atoms with E-state index in [1.165, 1.54) is 11.4 Å². The van der Waals surface area contributed by atoms with Crippen LogP contribution in [0.4, 0.5) is 0 Å². The molecular formula is C10H22N2O4S. The normalized spacial score (nSPS) is 11.8. The van der Waals surface area contributed by atoms with E-state index in [0.717, 1.165) is 12.8 Å². The van der Waals surface area contributed by atoms with Gasteiger partial charge in [0.2, 0.25) is 0 Å². The van der Waals surface area contributed by atoms with Crippen LogP contribution in [0.3, 0.4) is 0 Å². The van der Waals surface area contributed by atoms with Crippen molar-refractivity contribution >= 4 is 16.2 Å². The molecule has 0 aromatic heterocycles. The molecule has 0 fully saturated rings. The minimum Gasteiger partial charge on any atom is -0.466 e. The highest BCUT2D eigenvalue weighted by Gasteiger charge is 2.16. The van der Waals surface area contributed by atoms with Gasteiger partial charge in [-0.15, -0.1) is 0 Å². The van der Waals surface area contributed by atoms with Gasteiger partial charge in [-0.2, -0.15) is 12.7 Å². The fourth-order valence-electron chi connectivity index (χ4n) is 1.13. The van der Waals surface area contributed by atoms with E-state index in [2.05, 4.69) is 4.72 Å². The van der Waals surface area contributed by atoms with Gasteiger partial charge in [-0.05, 0) is 13.3 Å². The Labute approximate surface area is 104 Å². The number of rotatable bonds is 9. The van der Waals surface area contributed by atoms with Crippen molar-refractivity contribution in [3.8, 4) is 0 Å². The highest BCUT2D eigenvalue weighted by molar-refractivity contribution is 7.87. The molecule has 7 heteroatoms. The van der Waals surface area contributed by atoms with Crippen LogP contribution < -0.4 is 4.72 Å². The second kappa shape index (κ2) is 8.43. The van der Waals surface area contributed by atoms with E-state index in [0.29, 0.717) is 13.2 Å². The van der Waals surface area contributed by atoms with E-state index in [-0.39, 0.29) is 13.0 Å². The molecule has 102 valence electrons. The van der Waals surface area contributed by atoms with Crippen molar-refractivity contribution < 1.29 is 17.9 Å². The zero-order valence-corrected chi connectivity index (χ0v) is 11.5. The molecule has 0 aliphatic carbocycles. The van der Waals surface area contributed by atoms with E-state index in [1.54, 1.807) is 6.92 Å². The Morgan fingerprint density at radius 1 is 1.35 bits per heavy atom. The molecule has 0 saturated heterocycles. The average molecular weight is 266 g/mol. The lowest BCUT2D eigenvalue weighted by Gasteiger charge is -2.16. The summed E-state index contributed by atoms with van der Waals surface area (Å²) in [6, 6.07) is 0.